The molecule has 2 aromatic rings. The molecule has 6 aliphatic rings. The standard InChI is InChI=1S/C33H44ClFN8O/c1-31-9-4-3-8-26(31)33(12-5-10-31)17-24-23(19-40(33)2)29(41-13-7-15-43-25(20-41)27(34)28(36)39-43)38-30(37-24)44-21-32-11-6-14-42(32)18-22(35)16-32/h3-4,8-9,22,26H,5-7,10-21H2,1-2H3,(H2,36,39)/t22-,26?,31?,32+,33+/m1/s1. The summed E-state index contributed by atoms with van der Waals surface area (Å²) in [5.41, 5.74) is 9.12. The number of anilines is 2. The average Bonchev–Trinajstić information content (AvgIpc) is 3.54. The number of alkyl halides is 1. The third-order valence-electron chi connectivity index (χ3n) is 11.9. The Bertz CT molecular complexity index is 1530. The zero-order chi connectivity index (χ0) is 30.3. The summed E-state index contributed by atoms with van der Waals surface area (Å²) < 4.78 is 23.1. The quantitative estimate of drug-likeness (QED) is 0.514. The second kappa shape index (κ2) is 10.4. The summed E-state index contributed by atoms with van der Waals surface area (Å²) in [6.07, 6.45) is 16.3. The lowest BCUT2D eigenvalue weighted by molar-refractivity contribution is -0.0274. The fourth-order valence-electron chi connectivity index (χ4n) is 9.64. The molecular formula is C33H44ClFN8O. The normalized spacial score (nSPS) is 35.0. The summed E-state index contributed by atoms with van der Waals surface area (Å²) >= 11 is 6.66. The predicted octanol–water partition coefficient (Wildman–Crippen LogP) is 4.93. The van der Waals surface area contributed by atoms with Crippen molar-refractivity contribution in [2.24, 2.45) is 11.3 Å². The highest BCUT2D eigenvalue weighted by Gasteiger charge is 2.54. The number of likely N-dealkylation sites (N-methyl/N-ethyl adjacent to an activating group) is 1. The maximum atomic E-state index is 14.6. The number of nitrogens with two attached hydrogens (primary N) is 1. The van der Waals surface area contributed by atoms with Crippen LogP contribution in [0.3, 0.4) is 0 Å². The lowest BCUT2D eigenvalue weighted by Gasteiger charge is -2.58. The molecule has 4 aliphatic heterocycles. The number of rotatable bonds is 4. The van der Waals surface area contributed by atoms with Gasteiger partial charge < -0.3 is 15.4 Å². The highest BCUT2D eigenvalue weighted by Crippen LogP contribution is 2.55. The molecular weight excluding hydrogens is 579 g/mol. The highest BCUT2D eigenvalue weighted by molar-refractivity contribution is 6.33. The molecule has 0 amide bonds. The number of allylic oxidation sites excluding steroid dienone is 3. The molecule has 44 heavy (non-hydrogen) atoms. The van der Waals surface area contributed by atoms with Crippen molar-refractivity contribution in [1.29, 1.82) is 0 Å². The zero-order valence-corrected chi connectivity index (χ0v) is 26.7. The van der Waals surface area contributed by atoms with Crippen molar-refractivity contribution >= 4 is 23.2 Å². The molecule has 2 aromatic heterocycles. The van der Waals surface area contributed by atoms with E-state index in [0.717, 1.165) is 81.1 Å². The van der Waals surface area contributed by atoms with E-state index >= 15 is 0 Å². The number of nitrogens with zero attached hydrogens (tertiary/aromatic N) is 7. The third kappa shape index (κ3) is 4.42. The van der Waals surface area contributed by atoms with Crippen LogP contribution in [-0.2, 0) is 26.1 Å². The van der Waals surface area contributed by atoms with Crippen molar-refractivity contribution in [2.45, 2.75) is 95.2 Å². The van der Waals surface area contributed by atoms with E-state index in [9.17, 15) is 4.39 Å². The Morgan fingerprint density at radius 3 is 2.86 bits per heavy atom. The molecule has 2 unspecified atom stereocenters. The van der Waals surface area contributed by atoms with Gasteiger partial charge in [0, 0.05) is 56.0 Å². The minimum absolute atomic E-state index is 0.0346. The number of nitrogen functional groups attached to an aromatic ring is 1. The molecule has 1 saturated carbocycles. The number of fused-ring (bicyclic) bond motifs is 5. The lowest BCUT2D eigenvalue weighted by atomic mass is 9.55. The number of hydrogen-bond acceptors (Lipinski definition) is 8. The van der Waals surface area contributed by atoms with Gasteiger partial charge in [0.2, 0.25) is 0 Å². The minimum atomic E-state index is -0.799. The van der Waals surface area contributed by atoms with Crippen molar-refractivity contribution in [1.82, 2.24) is 29.5 Å². The monoisotopic (exact) mass is 622 g/mol. The van der Waals surface area contributed by atoms with E-state index in [1.807, 2.05) is 4.68 Å². The predicted molar refractivity (Wildman–Crippen MR) is 170 cm³/mol. The van der Waals surface area contributed by atoms with Crippen molar-refractivity contribution in [3.8, 4) is 6.01 Å². The van der Waals surface area contributed by atoms with Crippen molar-refractivity contribution in [2.75, 3.05) is 43.9 Å². The van der Waals surface area contributed by atoms with Gasteiger partial charge in [-0.1, -0.05) is 49.2 Å². The highest BCUT2D eigenvalue weighted by atomic mass is 35.5. The van der Waals surface area contributed by atoms with Crippen LogP contribution >= 0.6 is 11.6 Å². The van der Waals surface area contributed by atoms with Gasteiger partial charge in [0.15, 0.2) is 5.82 Å². The summed E-state index contributed by atoms with van der Waals surface area (Å²) in [7, 11) is 2.28. The first kappa shape index (κ1) is 28.8. The van der Waals surface area contributed by atoms with Gasteiger partial charge in [-0.3, -0.25) is 14.5 Å². The SMILES string of the molecule is CN1Cc2c(nc(OC[C@@]34CCCN3C[C@H](F)C4)nc2N2CCCn3nc(N)c(Cl)c3C2)C[C@]12CCCC1(C)C=CC=CC12. The van der Waals surface area contributed by atoms with Crippen LogP contribution < -0.4 is 15.4 Å². The molecule has 8 rings (SSSR count). The van der Waals surface area contributed by atoms with Gasteiger partial charge in [-0.25, -0.2) is 4.39 Å². The summed E-state index contributed by atoms with van der Waals surface area (Å²) in [6, 6.07) is 0.406. The van der Waals surface area contributed by atoms with Gasteiger partial charge in [-0.2, -0.15) is 15.1 Å². The Morgan fingerprint density at radius 2 is 1.98 bits per heavy atom. The second-order valence-corrected chi connectivity index (χ2v) is 14.9. The Kier molecular flexibility index (Phi) is 6.81. The van der Waals surface area contributed by atoms with E-state index < -0.39 is 6.17 Å². The van der Waals surface area contributed by atoms with Crippen LogP contribution in [0.25, 0.3) is 0 Å². The van der Waals surface area contributed by atoms with Gasteiger partial charge in [-0.15, -0.1) is 0 Å². The van der Waals surface area contributed by atoms with Crippen molar-refractivity contribution < 1.29 is 9.13 Å². The summed E-state index contributed by atoms with van der Waals surface area (Å²) in [4.78, 5) is 17.5. The summed E-state index contributed by atoms with van der Waals surface area (Å²) in [6.45, 7) is 7.17. The maximum absolute atomic E-state index is 14.6. The van der Waals surface area contributed by atoms with Crippen LogP contribution in [0.2, 0.25) is 5.02 Å². The van der Waals surface area contributed by atoms with E-state index in [4.69, 9.17) is 32.0 Å². The smallest absolute Gasteiger partial charge is 0.318 e. The molecule has 236 valence electrons. The van der Waals surface area contributed by atoms with Crippen LogP contribution in [0, 0.1) is 11.3 Å². The van der Waals surface area contributed by atoms with E-state index in [0.29, 0.717) is 48.9 Å². The third-order valence-corrected chi connectivity index (χ3v) is 12.3. The van der Waals surface area contributed by atoms with Gasteiger partial charge in [0.1, 0.15) is 23.6 Å². The average molecular weight is 623 g/mol. The number of halogens is 2. The van der Waals surface area contributed by atoms with E-state index in [1.54, 1.807) is 0 Å². The topological polar surface area (TPSA) is 88.6 Å². The first-order chi connectivity index (χ1) is 21.2. The summed E-state index contributed by atoms with van der Waals surface area (Å²) in [5.74, 6) is 1.68. The minimum Gasteiger partial charge on any atom is -0.461 e. The molecule has 11 heteroatoms. The van der Waals surface area contributed by atoms with Crippen molar-refractivity contribution in [3.05, 3.63) is 46.3 Å². The molecule has 1 spiro atoms. The Labute approximate surface area is 264 Å². The van der Waals surface area contributed by atoms with Gasteiger partial charge in [-0.05, 0) is 51.1 Å². The Balaban J connectivity index is 1.19. The number of aryl methyl sites for hydroxylation is 1. The number of aromatic nitrogens is 4. The summed E-state index contributed by atoms with van der Waals surface area (Å²) in [5, 5.41) is 5.01. The maximum Gasteiger partial charge on any atom is 0.318 e. The second-order valence-electron chi connectivity index (χ2n) is 14.5. The molecule has 5 atom stereocenters. The Morgan fingerprint density at radius 1 is 1.09 bits per heavy atom. The van der Waals surface area contributed by atoms with Crippen LogP contribution in [-0.4, -0.2) is 80.1 Å². The molecule has 2 aliphatic carbocycles. The van der Waals surface area contributed by atoms with Gasteiger partial charge >= 0.3 is 6.01 Å². The lowest BCUT2D eigenvalue weighted by Crippen LogP contribution is -2.61. The van der Waals surface area contributed by atoms with Gasteiger partial charge in [0.25, 0.3) is 0 Å². The van der Waals surface area contributed by atoms with Gasteiger partial charge in [0.05, 0.1) is 23.5 Å². The first-order valence-electron chi connectivity index (χ1n) is 16.4. The van der Waals surface area contributed by atoms with E-state index in [2.05, 4.69) is 58.1 Å². The van der Waals surface area contributed by atoms with Crippen LogP contribution in [0.1, 0.15) is 68.8 Å². The van der Waals surface area contributed by atoms with E-state index in [-0.39, 0.29) is 16.5 Å². The Hall–Kier alpha value is -2.69. The van der Waals surface area contributed by atoms with Crippen molar-refractivity contribution in [3.63, 3.8) is 0 Å². The van der Waals surface area contributed by atoms with Crippen LogP contribution in [0.15, 0.2) is 24.3 Å². The van der Waals surface area contributed by atoms with E-state index in [1.165, 1.54) is 12.8 Å². The number of hydrogen-bond donors (Lipinski definition) is 1. The number of ether oxygens (including phenoxy) is 1. The molecule has 2 saturated heterocycles. The fourth-order valence-corrected chi connectivity index (χ4v) is 9.84. The largest absolute Gasteiger partial charge is 0.461 e. The molecule has 9 nitrogen and oxygen atoms in total. The molecule has 3 fully saturated rings. The molecule has 6 heterocycles. The first-order valence-corrected chi connectivity index (χ1v) is 16.8. The fraction of sp³-hybridized carbons (Fsp3) is 0.667. The zero-order valence-electron chi connectivity index (χ0n) is 25.9. The van der Waals surface area contributed by atoms with Crippen LogP contribution in [0.5, 0.6) is 6.01 Å². The van der Waals surface area contributed by atoms with Crippen LogP contribution in [0.4, 0.5) is 16.0 Å². The molecule has 0 aromatic carbocycles. The molecule has 0 radical (unpaired) electrons. The molecule has 2 N–H and O–H groups in total. The molecule has 0 bridgehead atoms.